The van der Waals surface area contributed by atoms with Gasteiger partial charge in [-0.05, 0) is 48.0 Å². The fraction of sp³-hybridized carbons (Fsp3) is 0.231. The molecule has 2 unspecified atom stereocenters. The number of nitrogens with one attached hydrogen (secondary N) is 3. The minimum atomic E-state index is -4.99. The smallest absolute Gasteiger partial charge is 0.374 e. The minimum Gasteiger partial charge on any atom is -0.374 e. The van der Waals surface area contributed by atoms with Gasteiger partial charge in [-0.1, -0.05) is 11.6 Å². The number of amides is 1. The molecule has 16 heteroatoms. The SMILES string of the molecule is N=c1n(CCF)c2cc(NC(=O)c3cc(F)cc(C(F)(F)F)c3)c3c(c2n1C(F)F)C(O)NC3c1cc(F)ccc1Cl. The fourth-order valence-electron chi connectivity index (χ4n) is 5.08. The molecular weight excluding hydrogens is 602 g/mol. The van der Waals surface area contributed by atoms with Crippen LogP contribution in [-0.2, 0) is 12.7 Å². The molecule has 0 fully saturated rings. The van der Waals surface area contributed by atoms with Gasteiger partial charge in [-0.3, -0.25) is 20.1 Å². The molecule has 222 valence electrons. The highest BCUT2D eigenvalue weighted by Gasteiger charge is 2.39. The Morgan fingerprint density at radius 1 is 1.10 bits per heavy atom. The first-order chi connectivity index (χ1) is 19.7. The largest absolute Gasteiger partial charge is 0.416 e. The Hall–Kier alpha value is -3.95. The number of aryl methyl sites for hydroxylation is 1. The van der Waals surface area contributed by atoms with E-state index >= 15 is 0 Å². The Morgan fingerprint density at radius 3 is 2.45 bits per heavy atom. The van der Waals surface area contributed by atoms with Crippen LogP contribution in [0.4, 0.5) is 40.8 Å². The molecule has 0 saturated carbocycles. The van der Waals surface area contributed by atoms with Gasteiger partial charge < -0.3 is 15.0 Å². The third-order valence-electron chi connectivity index (χ3n) is 6.77. The van der Waals surface area contributed by atoms with E-state index in [1.165, 1.54) is 6.07 Å². The molecule has 0 bridgehead atoms. The van der Waals surface area contributed by atoms with Crippen molar-refractivity contribution in [2.75, 3.05) is 12.0 Å². The average molecular weight is 620 g/mol. The lowest BCUT2D eigenvalue weighted by Gasteiger charge is -2.19. The molecular formula is C26H18ClF8N5O2. The van der Waals surface area contributed by atoms with Crippen LogP contribution in [-0.4, -0.2) is 26.8 Å². The number of aromatic nitrogens is 2. The van der Waals surface area contributed by atoms with E-state index in [-0.39, 0.29) is 43.6 Å². The van der Waals surface area contributed by atoms with Gasteiger partial charge in [-0.25, -0.2) is 13.2 Å². The number of aliphatic hydroxyl groups is 1. The van der Waals surface area contributed by atoms with Gasteiger partial charge in [0.1, 0.15) is 24.5 Å². The number of carbonyl (C=O) groups is 1. The van der Waals surface area contributed by atoms with E-state index in [9.17, 15) is 45.0 Å². The van der Waals surface area contributed by atoms with Gasteiger partial charge in [0.2, 0.25) is 5.62 Å². The molecule has 2 heterocycles. The number of nitrogens with zero attached hydrogens (tertiary/aromatic N) is 2. The summed E-state index contributed by atoms with van der Waals surface area (Å²) in [5.74, 6) is -3.40. The molecule has 3 aromatic carbocycles. The van der Waals surface area contributed by atoms with Crippen LogP contribution in [0.3, 0.4) is 0 Å². The van der Waals surface area contributed by atoms with E-state index in [4.69, 9.17) is 17.0 Å². The number of hydrogen-bond acceptors (Lipinski definition) is 4. The third kappa shape index (κ3) is 5.01. The first-order valence-corrected chi connectivity index (χ1v) is 12.4. The topological polar surface area (TPSA) is 95.1 Å². The minimum absolute atomic E-state index is 0.00712. The quantitative estimate of drug-likeness (QED) is 0.194. The van der Waals surface area contributed by atoms with Crippen molar-refractivity contribution in [2.45, 2.75) is 31.5 Å². The Balaban J connectivity index is 1.79. The van der Waals surface area contributed by atoms with Gasteiger partial charge in [-0.2, -0.15) is 22.0 Å². The number of anilines is 1. The highest BCUT2D eigenvalue weighted by Crippen LogP contribution is 2.46. The van der Waals surface area contributed by atoms with Crippen LogP contribution in [0.2, 0.25) is 5.02 Å². The van der Waals surface area contributed by atoms with Crippen LogP contribution in [0.15, 0.2) is 42.5 Å². The Labute approximate surface area is 235 Å². The molecule has 0 aliphatic carbocycles. The van der Waals surface area contributed by atoms with Crippen LogP contribution in [0.25, 0.3) is 11.0 Å². The van der Waals surface area contributed by atoms with Crippen molar-refractivity contribution < 1.29 is 45.0 Å². The molecule has 0 spiro atoms. The molecule has 1 aliphatic rings. The van der Waals surface area contributed by atoms with Crippen molar-refractivity contribution in [1.82, 2.24) is 14.5 Å². The predicted octanol–water partition coefficient (Wildman–Crippen LogP) is 6.17. The number of fused-ring (bicyclic) bond motifs is 3. The van der Waals surface area contributed by atoms with E-state index in [0.717, 1.165) is 22.8 Å². The van der Waals surface area contributed by atoms with Gasteiger partial charge in [-0.15, -0.1) is 0 Å². The first kappa shape index (κ1) is 29.5. The summed E-state index contributed by atoms with van der Waals surface area (Å²) in [6.07, 6.45) is -6.77. The molecule has 7 nitrogen and oxygen atoms in total. The zero-order valence-corrected chi connectivity index (χ0v) is 21.6. The summed E-state index contributed by atoms with van der Waals surface area (Å²) >= 11 is 6.27. The maximum absolute atomic E-state index is 14.2. The van der Waals surface area contributed by atoms with Crippen molar-refractivity contribution in [3.8, 4) is 0 Å². The van der Waals surface area contributed by atoms with E-state index in [1.807, 2.05) is 0 Å². The van der Waals surface area contributed by atoms with Crippen LogP contribution in [0.1, 0.15) is 51.4 Å². The number of hydrogen-bond donors (Lipinski definition) is 4. The second-order valence-electron chi connectivity index (χ2n) is 9.28. The Kier molecular flexibility index (Phi) is 7.53. The summed E-state index contributed by atoms with van der Waals surface area (Å²) in [5, 5.41) is 24.2. The summed E-state index contributed by atoms with van der Waals surface area (Å²) in [4.78, 5) is 13.2. The van der Waals surface area contributed by atoms with Crippen molar-refractivity contribution >= 4 is 34.2 Å². The highest BCUT2D eigenvalue weighted by atomic mass is 35.5. The zero-order valence-electron chi connectivity index (χ0n) is 20.8. The molecule has 1 aromatic heterocycles. The second kappa shape index (κ2) is 10.7. The predicted molar refractivity (Wildman–Crippen MR) is 134 cm³/mol. The Bertz CT molecular complexity index is 1790. The summed E-state index contributed by atoms with van der Waals surface area (Å²) < 4.78 is 111. The van der Waals surface area contributed by atoms with Crippen molar-refractivity contribution in [2.24, 2.45) is 0 Å². The molecule has 1 aliphatic heterocycles. The average Bonchev–Trinajstić information content (AvgIpc) is 3.39. The monoisotopic (exact) mass is 619 g/mol. The summed E-state index contributed by atoms with van der Waals surface area (Å²) in [7, 11) is 0. The van der Waals surface area contributed by atoms with Gasteiger partial charge in [0.25, 0.3) is 5.91 Å². The standard InChI is InChI=1S/C26H18ClF8N5O2/c27-15-2-1-12(29)8-14(15)20-18-16(37-22(41)10-5-11(26(33,34)35)7-13(30)6-10)9-17-21(19(18)23(42)38-20)40(24(31)32)25(36)39(17)4-3-28/h1-2,5-9,20,23-24,36,38,42H,3-4H2,(H,37,41). The normalized spacial score (nSPS) is 16.8. The fourth-order valence-corrected chi connectivity index (χ4v) is 5.31. The zero-order chi connectivity index (χ0) is 30.7. The van der Waals surface area contributed by atoms with E-state index in [1.54, 1.807) is 0 Å². The van der Waals surface area contributed by atoms with Crippen LogP contribution >= 0.6 is 11.6 Å². The van der Waals surface area contributed by atoms with Gasteiger partial charge in [0, 0.05) is 27.4 Å². The molecule has 4 aromatic rings. The first-order valence-electron chi connectivity index (χ1n) is 12.0. The number of aliphatic hydroxyl groups excluding tert-OH is 1. The maximum atomic E-state index is 14.2. The molecule has 2 atom stereocenters. The van der Waals surface area contributed by atoms with Gasteiger partial charge in [0.15, 0.2) is 0 Å². The molecule has 0 radical (unpaired) electrons. The lowest BCUT2D eigenvalue weighted by Crippen LogP contribution is -2.26. The number of alkyl halides is 6. The molecule has 5 rings (SSSR count). The molecule has 42 heavy (non-hydrogen) atoms. The summed E-state index contributed by atoms with van der Waals surface area (Å²) in [5.41, 5.74) is -4.49. The number of benzene rings is 3. The lowest BCUT2D eigenvalue weighted by molar-refractivity contribution is -0.137. The van der Waals surface area contributed by atoms with Crippen molar-refractivity contribution in [3.05, 3.63) is 92.6 Å². The Morgan fingerprint density at radius 2 is 1.81 bits per heavy atom. The number of carbonyl (C=O) groups excluding carboxylic acids is 1. The highest BCUT2D eigenvalue weighted by molar-refractivity contribution is 6.31. The maximum Gasteiger partial charge on any atom is 0.416 e. The van der Waals surface area contributed by atoms with E-state index in [2.05, 4.69) is 10.6 Å². The summed E-state index contributed by atoms with van der Waals surface area (Å²) in [6, 6.07) is 4.08. The number of imidazole rings is 1. The molecule has 4 N–H and O–H groups in total. The van der Waals surface area contributed by atoms with E-state index in [0.29, 0.717) is 12.1 Å². The third-order valence-corrected chi connectivity index (χ3v) is 7.11. The summed E-state index contributed by atoms with van der Waals surface area (Å²) in [6.45, 7) is -5.02. The second-order valence-corrected chi connectivity index (χ2v) is 9.69. The molecule has 0 saturated heterocycles. The lowest BCUT2D eigenvalue weighted by atomic mass is 9.94. The van der Waals surface area contributed by atoms with Gasteiger partial charge >= 0.3 is 12.7 Å². The van der Waals surface area contributed by atoms with Crippen molar-refractivity contribution in [1.29, 1.82) is 5.41 Å². The van der Waals surface area contributed by atoms with Crippen LogP contribution in [0.5, 0.6) is 0 Å². The number of rotatable bonds is 6. The molecule has 1 amide bonds. The van der Waals surface area contributed by atoms with Crippen LogP contribution < -0.4 is 16.3 Å². The van der Waals surface area contributed by atoms with Crippen LogP contribution in [0, 0.1) is 17.0 Å². The number of halogens is 9. The van der Waals surface area contributed by atoms with E-state index < -0.39 is 78.0 Å². The van der Waals surface area contributed by atoms with Crippen molar-refractivity contribution in [3.63, 3.8) is 0 Å². The van der Waals surface area contributed by atoms with Gasteiger partial charge in [0.05, 0.1) is 29.2 Å².